The Morgan fingerprint density at radius 3 is 2.52 bits per heavy atom. The van der Waals surface area contributed by atoms with Crippen molar-refractivity contribution in [3.05, 3.63) is 53.0 Å². The molecule has 1 saturated heterocycles. The molecule has 0 saturated carbocycles. The first-order chi connectivity index (χ1) is 14.7. The van der Waals surface area contributed by atoms with Gasteiger partial charge >= 0.3 is 12.1 Å². The molecule has 164 valence electrons. The van der Waals surface area contributed by atoms with Crippen LogP contribution in [0.5, 0.6) is 0 Å². The summed E-state index contributed by atoms with van der Waals surface area (Å²) in [6, 6.07) is 5.41. The van der Waals surface area contributed by atoms with E-state index in [2.05, 4.69) is 15.4 Å². The molecule has 0 spiro atoms. The molecule has 3 aromatic rings. The Morgan fingerprint density at radius 2 is 1.87 bits per heavy atom. The van der Waals surface area contributed by atoms with Gasteiger partial charge in [-0.2, -0.15) is 18.3 Å². The maximum atomic E-state index is 13.2. The van der Waals surface area contributed by atoms with Gasteiger partial charge in [-0.15, -0.1) is 0 Å². The average molecular weight is 439 g/mol. The minimum atomic E-state index is -5.14. The number of nitrogens with one attached hydrogen (secondary N) is 1. The molecular weight excluding hydrogens is 422 g/mol. The van der Waals surface area contributed by atoms with Crippen LogP contribution in [0.2, 0.25) is 0 Å². The molecule has 2 aromatic heterocycles. The van der Waals surface area contributed by atoms with Gasteiger partial charge in [0.1, 0.15) is 23.1 Å². The lowest BCUT2D eigenvalue weighted by molar-refractivity contribution is -0.217. The van der Waals surface area contributed by atoms with Crippen molar-refractivity contribution in [3.8, 4) is 5.69 Å². The smallest absolute Gasteiger partial charge is 0.450 e. The number of alkyl halides is 3. The van der Waals surface area contributed by atoms with Crippen LogP contribution in [0.15, 0.2) is 41.6 Å². The topological polar surface area (TPSA) is 91.0 Å². The first-order valence-corrected chi connectivity index (χ1v) is 9.39. The van der Waals surface area contributed by atoms with E-state index in [1.165, 1.54) is 41.5 Å². The fourth-order valence-corrected chi connectivity index (χ4v) is 3.57. The molecule has 0 atom stereocenters. The number of hydrogen-bond acceptors (Lipinski definition) is 6. The van der Waals surface area contributed by atoms with Crippen LogP contribution in [-0.2, 0) is 16.1 Å². The number of benzene rings is 1. The largest absolute Gasteiger partial charge is 0.490 e. The predicted octanol–water partition coefficient (Wildman–Crippen LogP) is 1.95. The lowest BCUT2D eigenvalue weighted by Gasteiger charge is -2.37. The van der Waals surface area contributed by atoms with Crippen LogP contribution in [-0.4, -0.2) is 50.2 Å². The van der Waals surface area contributed by atoms with Crippen LogP contribution in [0, 0.1) is 5.82 Å². The number of fused-ring (bicyclic) bond motifs is 1. The van der Waals surface area contributed by atoms with Gasteiger partial charge in [-0.1, -0.05) is 0 Å². The van der Waals surface area contributed by atoms with Gasteiger partial charge < -0.3 is 10.1 Å². The fraction of sp³-hybridized carbons (Fsp3) is 0.368. The van der Waals surface area contributed by atoms with Gasteiger partial charge in [0.25, 0.3) is 5.56 Å². The van der Waals surface area contributed by atoms with Gasteiger partial charge in [-0.25, -0.2) is 18.9 Å². The van der Waals surface area contributed by atoms with Crippen molar-refractivity contribution in [2.75, 3.05) is 13.1 Å². The monoisotopic (exact) mass is 439 g/mol. The highest BCUT2D eigenvalue weighted by Gasteiger charge is 2.47. The first-order valence-electron chi connectivity index (χ1n) is 9.39. The van der Waals surface area contributed by atoms with Gasteiger partial charge in [0.2, 0.25) is 0 Å². The van der Waals surface area contributed by atoms with E-state index in [4.69, 9.17) is 4.74 Å². The van der Waals surface area contributed by atoms with Crippen molar-refractivity contribution >= 4 is 17.0 Å². The van der Waals surface area contributed by atoms with Crippen LogP contribution in [0.25, 0.3) is 16.7 Å². The quantitative estimate of drug-likeness (QED) is 0.494. The van der Waals surface area contributed by atoms with E-state index in [9.17, 15) is 27.2 Å². The molecule has 3 heterocycles. The maximum Gasteiger partial charge on any atom is 0.490 e. The Morgan fingerprint density at radius 1 is 1.19 bits per heavy atom. The molecule has 12 heteroatoms. The van der Waals surface area contributed by atoms with E-state index in [1.54, 1.807) is 0 Å². The Hall–Kier alpha value is -3.28. The van der Waals surface area contributed by atoms with Gasteiger partial charge in [0.15, 0.2) is 5.65 Å². The van der Waals surface area contributed by atoms with Crippen molar-refractivity contribution in [1.82, 2.24) is 24.6 Å². The third-order valence-electron chi connectivity index (χ3n) is 5.14. The van der Waals surface area contributed by atoms with Crippen molar-refractivity contribution in [2.24, 2.45) is 0 Å². The summed E-state index contributed by atoms with van der Waals surface area (Å²) in [5, 5.41) is 7.23. The van der Waals surface area contributed by atoms with Crippen LogP contribution in [0.3, 0.4) is 0 Å². The van der Waals surface area contributed by atoms with E-state index in [1.807, 2.05) is 0 Å². The van der Waals surface area contributed by atoms with Crippen molar-refractivity contribution in [2.45, 2.75) is 31.2 Å². The number of halogens is 4. The fourth-order valence-electron chi connectivity index (χ4n) is 3.57. The number of piperidine rings is 1. The summed E-state index contributed by atoms with van der Waals surface area (Å²) in [6.45, 7) is 0.385. The van der Waals surface area contributed by atoms with Crippen LogP contribution >= 0.6 is 0 Å². The summed E-state index contributed by atoms with van der Waals surface area (Å²) in [6.07, 6.45) is -2.47. The number of carbonyl (C=O) groups is 1. The average Bonchev–Trinajstić information content (AvgIpc) is 3.15. The second-order valence-corrected chi connectivity index (χ2v) is 7.27. The molecular formula is C19H17F4N5O3. The molecule has 0 aliphatic carbocycles. The molecule has 0 amide bonds. The highest BCUT2D eigenvalue weighted by atomic mass is 19.4. The SMILES string of the molecule is O=C(OC1(Cn2cnc3c(cnn3-c3ccc(F)cc3)c2=O)CCNCC1)C(F)(F)F. The summed E-state index contributed by atoms with van der Waals surface area (Å²) in [5.74, 6) is -2.73. The van der Waals surface area contributed by atoms with Gasteiger partial charge in [-0.05, 0) is 37.4 Å². The number of ether oxygens (including phenoxy) is 1. The van der Waals surface area contributed by atoms with Crippen LogP contribution in [0.1, 0.15) is 12.8 Å². The van der Waals surface area contributed by atoms with Crippen LogP contribution < -0.4 is 10.9 Å². The second kappa shape index (κ2) is 7.76. The maximum absolute atomic E-state index is 13.2. The van der Waals surface area contributed by atoms with E-state index >= 15 is 0 Å². The van der Waals surface area contributed by atoms with Crippen LogP contribution in [0.4, 0.5) is 17.6 Å². The second-order valence-electron chi connectivity index (χ2n) is 7.27. The molecule has 31 heavy (non-hydrogen) atoms. The minimum absolute atomic E-state index is 0.105. The zero-order valence-electron chi connectivity index (χ0n) is 16.0. The standard InChI is InChI=1S/C19H17F4N5O3/c20-12-1-3-13(4-2-12)28-15-14(9-26-28)16(29)27(11-25-15)10-18(5-7-24-8-6-18)31-17(30)19(21,22)23/h1-4,9,11,24H,5-8,10H2. The Labute approximate surface area is 172 Å². The lowest BCUT2D eigenvalue weighted by Crippen LogP contribution is -2.51. The number of esters is 1. The zero-order chi connectivity index (χ0) is 22.2. The minimum Gasteiger partial charge on any atom is -0.450 e. The van der Waals surface area contributed by atoms with Crippen molar-refractivity contribution in [3.63, 3.8) is 0 Å². The molecule has 1 aliphatic rings. The number of nitrogens with zero attached hydrogens (tertiary/aromatic N) is 4. The predicted molar refractivity (Wildman–Crippen MR) is 100 cm³/mol. The molecule has 0 bridgehead atoms. The molecule has 1 aliphatic heterocycles. The number of aromatic nitrogens is 4. The van der Waals surface area contributed by atoms with E-state index in [0.717, 1.165) is 4.57 Å². The summed E-state index contributed by atoms with van der Waals surface area (Å²) >= 11 is 0. The van der Waals surface area contributed by atoms with Gasteiger partial charge in [-0.3, -0.25) is 9.36 Å². The summed E-state index contributed by atoms with van der Waals surface area (Å²) in [4.78, 5) is 28.7. The molecule has 4 rings (SSSR count). The highest BCUT2D eigenvalue weighted by molar-refractivity contribution is 5.76. The number of carbonyl (C=O) groups excluding carboxylic acids is 1. The zero-order valence-corrected chi connectivity index (χ0v) is 16.0. The Kier molecular flexibility index (Phi) is 5.25. The Balaban J connectivity index is 1.68. The summed E-state index contributed by atoms with van der Waals surface area (Å²) < 4.78 is 58.8. The summed E-state index contributed by atoms with van der Waals surface area (Å²) in [7, 11) is 0. The third kappa shape index (κ3) is 4.15. The highest BCUT2D eigenvalue weighted by Crippen LogP contribution is 2.29. The van der Waals surface area contributed by atoms with E-state index in [-0.39, 0.29) is 30.4 Å². The molecule has 0 unspecified atom stereocenters. The van der Waals surface area contributed by atoms with E-state index < -0.39 is 29.1 Å². The van der Waals surface area contributed by atoms with Gasteiger partial charge in [0, 0.05) is 12.8 Å². The van der Waals surface area contributed by atoms with Crippen molar-refractivity contribution in [1.29, 1.82) is 0 Å². The lowest BCUT2D eigenvalue weighted by atomic mass is 9.91. The molecule has 8 nitrogen and oxygen atoms in total. The van der Waals surface area contributed by atoms with E-state index in [0.29, 0.717) is 18.8 Å². The first kappa shape index (κ1) is 21.0. The summed E-state index contributed by atoms with van der Waals surface area (Å²) in [5.41, 5.74) is -1.35. The Bertz CT molecular complexity index is 1160. The number of hydrogen-bond donors (Lipinski definition) is 1. The van der Waals surface area contributed by atoms with Crippen molar-refractivity contribution < 1.29 is 27.1 Å². The van der Waals surface area contributed by atoms with Gasteiger partial charge in [0.05, 0.1) is 18.4 Å². The molecule has 0 radical (unpaired) electrons. The molecule has 1 fully saturated rings. The number of rotatable bonds is 4. The normalized spacial score (nSPS) is 16.4. The molecule has 1 N–H and O–H groups in total. The molecule has 1 aromatic carbocycles. The third-order valence-corrected chi connectivity index (χ3v) is 5.14.